The molecule has 1 aliphatic rings. The van der Waals surface area contributed by atoms with Gasteiger partial charge in [0.05, 0.1) is 12.5 Å². The molecule has 1 aliphatic heterocycles. The van der Waals surface area contributed by atoms with Crippen LogP contribution < -0.4 is 0 Å². The van der Waals surface area contributed by atoms with Crippen LogP contribution in [-0.2, 0) is 16.1 Å². The minimum atomic E-state index is -1.10. The summed E-state index contributed by atoms with van der Waals surface area (Å²) in [6.45, 7) is 4.14. The topological polar surface area (TPSA) is 63.6 Å². The molecule has 1 saturated heterocycles. The molecule has 2 rings (SSSR count). The number of nitrogens with zero attached hydrogens (tertiary/aromatic N) is 1. The van der Waals surface area contributed by atoms with Crippen LogP contribution in [0.1, 0.15) is 25.8 Å². The molecule has 2 amide bonds. The third kappa shape index (κ3) is 3.59. The lowest BCUT2D eigenvalue weighted by Crippen LogP contribution is -2.61. The summed E-state index contributed by atoms with van der Waals surface area (Å²) in [7, 11) is 0. The first kappa shape index (κ1) is 18.0. The minimum absolute atomic E-state index is 0.181. The molecule has 0 spiro atoms. The van der Waals surface area contributed by atoms with E-state index < -0.39 is 16.5 Å². The lowest BCUT2D eigenvalue weighted by atomic mass is 10.1. The number of benzene rings is 1. The number of thiol groups is 1. The normalized spacial score (nSPS) is 28.5. The summed E-state index contributed by atoms with van der Waals surface area (Å²) in [4.78, 5) is 24.5. The molecule has 1 aromatic rings. The van der Waals surface area contributed by atoms with E-state index in [0.29, 0.717) is 18.8 Å². The number of rotatable bonds is 5. The third-order valence-corrected chi connectivity index (χ3v) is 5.15. The van der Waals surface area contributed by atoms with E-state index in [4.69, 9.17) is 4.74 Å². The molecule has 1 fully saturated rings. The Morgan fingerprint density at radius 2 is 2.04 bits per heavy atom. The van der Waals surface area contributed by atoms with E-state index >= 15 is 0 Å². The molecule has 0 saturated carbocycles. The predicted molar refractivity (Wildman–Crippen MR) is 90.3 cm³/mol. The molecule has 6 heteroatoms. The van der Waals surface area contributed by atoms with Crippen LogP contribution in [0.25, 0.3) is 0 Å². The first-order valence-corrected chi connectivity index (χ1v) is 8.47. The van der Waals surface area contributed by atoms with Gasteiger partial charge in [0.15, 0.2) is 0 Å². The highest BCUT2D eigenvalue weighted by Crippen LogP contribution is 2.32. The van der Waals surface area contributed by atoms with Gasteiger partial charge >= 0.3 is 12.0 Å². The van der Waals surface area contributed by atoms with E-state index in [-0.39, 0.29) is 24.6 Å². The van der Waals surface area contributed by atoms with E-state index in [0.717, 1.165) is 5.56 Å². The van der Waals surface area contributed by atoms with Gasteiger partial charge in [-0.15, -0.1) is 0 Å². The number of amides is 2. The maximum absolute atomic E-state index is 12.7. The molecular formula is C17H24NO4S+. The van der Waals surface area contributed by atoms with Crippen molar-refractivity contribution in [2.75, 3.05) is 12.3 Å². The number of carbonyl (C=O) groups is 2. The van der Waals surface area contributed by atoms with Crippen LogP contribution in [0.15, 0.2) is 30.3 Å². The Balaban J connectivity index is 2.10. The minimum Gasteiger partial charge on any atom is -0.435 e. The van der Waals surface area contributed by atoms with Gasteiger partial charge in [-0.2, -0.15) is 21.9 Å². The largest absolute Gasteiger partial charge is 0.521 e. The van der Waals surface area contributed by atoms with Crippen molar-refractivity contribution in [3.63, 3.8) is 0 Å². The average molecular weight is 338 g/mol. The first-order chi connectivity index (χ1) is 10.9. The van der Waals surface area contributed by atoms with Crippen molar-refractivity contribution in [1.29, 1.82) is 0 Å². The summed E-state index contributed by atoms with van der Waals surface area (Å²) in [5.74, 6) is -0.343. The number of ether oxygens (including phenoxy) is 1. The van der Waals surface area contributed by atoms with Crippen molar-refractivity contribution >= 4 is 24.6 Å². The van der Waals surface area contributed by atoms with Crippen molar-refractivity contribution in [3.05, 3.63) is 35.9 Å². The Morgan fingerprint density at radius 3 is 2.61 bits per heavy atom. The second-order valence-electron chi connectivity index (χ2n) is 6.26. The third-order valence-electron chi connectivity index (χ3n) is 4.61. The van der Waals surface area contributed by atoms with E-state index in [1.807, 2.05) is 37.3 Å². The quantitative estimate of drug-likeness (QED) is 0.640. The number of quaternary nitrogens is 1. The fourth-order valence-corrected chi connectivity index (χ4v) is 3.34. The molecular weight excluding hydrogens is 314 g/mol. The maximum atomic E-state index is 12.7. The van der Waals surface area contributed by atoms with Gasteiger partial charge in [-0.3, -0.25) is 0 Å². The fourth-order valence-electron chi connectivity index (χ4n) is 3.18. The lowest BCUT2D eigenvalue weighted by molar-refractivity contribution is -0.795. The Bertz CT molecular complexity index is 565. The Morgan fingerprint density at radius 1 is 1.39 bits per heavy atom. The highest BCUT2D eigenvalue weighted by molar-refractivity contribution is 7.80. The molecule has 0 bridgehead atoms. The van der Waals surface area contributed by atoms with Crippen LogP contribution in [-0.4, -0.2) is 46.0 Å². The molecule has 5 nitrogen and oxygen atoms in total. The Hall–Kier alpha value is -1.37. The average Bonchev–Trinajstić information content (AvgIpc) is 2.90. The Labute approximate surface area is 142 Å². The second-order valence-corrected chi connectivity index (χ2v) is 6.62. The summed E-state index contributed by atoms with van der Waals surface area (Å²) in [5.41, 5.74) is 1.04. The second kappa shape index (κ2) is 7.47. The molecule has 1 aromatic carbocycles. The summed E-state index contributed by atoms with van der Waals surface area (Å²) in [5, 5.41) is 9.72. The number of hydrogen-bond acceptors (Lipinski definition) is 4. The summed E-state index contributed by atoms with van der Waals surface area (Å²) in [6.07, 6.45) is -0.774. The number of imide groups is 1. The van der Waals surface area contributed by atoms with Crippen LogP contribution >= 0.6 is 12.6 Å². The fraction of sp³-hybridized carbons (Fsp3) is 0.529. The van der Waals surface area contributed by atoms with Gasteiger partial charge in [0.25, 0.3) is 0 Å². The van der Waals surface area contributed by atoms with Gasteiger partial charge in [-0.1, -0.05) is 30.3 Å². The highest BCUT2D eigenvalue weighted by atomic mass is 32.1. The van der Waals surface area contributed by atoms with Crippen molar-refractivity contribution in [2.45, 2.75) is 39.0 Å². The van der Waals surface area contributed by atoms with Gasteiger partial charge in [0.1, 0.15) is 18.7 Å². The van der Waals surface area contributed by atoms with Crippen LogP contribution in [0.2, 0.25) is 0 Å². The number of likely N-dealkylation sites (tertiary alicyclic amines) is 1. The zero-order chi connectivity index (χ0) is 17.0. The predicted octanol–water partition coefficient (Wildman–Crippen LogP) is 2.95. The van der Waals surface area contributed by atoms with Crippen molar-refractivity contribution in [3.8, 4) is 0 Å². The molecule has 23 heavy (non-hydrogen) atoms. The number of hydrogen-bond donors (Lipinski definition) is 2. The van der Waals surface area contributed by atoms with Gasteiger partial charge in [-0.25, -0.2) is 4.79 Å². The molecule has 126 valence electrons. The van der Waals surface area contributed by atoms with E-state index in [1.54, 1.807) is 6.92 Å². The van der Waals surface area contributed by atoms with Crippen molar-refractivity contribution in [1.82, 2.24) is 0 Å². The monoisotopic (exact) mass is 338 g/mol. The summed E-state index contributed by atoms with van der Waals surface area (Å²) in [6, 6.07) is 9.43. The molecule has 0 aromatic heterocycles. The van der Waals surface area contributed by atoms with Crippen LogP contribution in [0.3, 0.4) is 0 Å². The lowest BCUT2D eigenvalue weighted by Gasteiger charge is -2.31. The molecule has 0 aliphatic carbocycles. The van der Waals surface area contributed by atoms with E-state index in [2.05, 4.69) is 12.6 Å². The molecule has 4 atom stereocenters. The number of carboxylic acid groups (broad SMARTS) is 1. The van der Waals surface area contributed by atoms with Gasteiger partial charge in [0, 0.05) is 12.2 Å². The van der Waals surface area contributed by atoms with Gasteiger partial charge < -0.3 is 9.84 Å². The van der Waals surface area contributed by atoms with Gasteiger partial charge in [0.2, 0.25) is 0 Å². The first-order valence-electron chi connectivity index (χ1n) is 7.83. The molecule has 1 heterocycles. The highest BCUT2D eigenvalue weighted by Gasteiger charge is 2.57. The van der Waals surface area contributed by atoms with E-state index in [9.17, 15) is 14.7 Å². The zero-order valence-electron chi connectivity index (χ0n) is 13.5. The van der Waals surface area contributed by atoms with Crippen LogP contribution in [0.5, 0.6) is 0 Å². The van der Waals surface area contributed by atoms with Crippen LogP contribution in [0, 0.1) is 5.92 Å². The smallest absolute Gasteiger partial charge is 0.435 e. The van der Waals surface area contributed by atoms with Crippen molar-refractivity contribution in [2.24, 2.45) is 5.92 Å². The molecule has 1 unspecified atom stereocenters. The standard InChI is InChI=1S/C17H23NO4S/c1-12(11-23)16(19)18(17(20)21)9-15(8-13(18)2)22-10-14-6-4-3-5-7-14/h3-7,12-13,15H,8-11H2,1-2H3,(H-,20,21,23)/p+1/t12?,13-,15+,18-/m1/s1. The summed E-state index contributed by atoms with van der Waals surface area (Å²) < 4.78 is 5.32. The number of carbonyl (C=O) groups excluding carboxylic acids is 1. The van der Waals surface area contributed by atoms with Crippen LogP contribution in [0.4, 0.5) is 4.79 Å². The Kier molecular flexibility index (Phi) is 5.84. The zero-order valence-corrected chi connectivity index (χ0v) is 14.4. The summed E-state index contributed by atoms with van der Waals surface area (Å²) >= 11 is 4.14. The molecule has 0 radical (unpaired) electrons. The van der Waals surface area contributed by atoms with Crippen molar-refractivity contribution < 1.29 is 23.9 Å². The van der Waals surface area contributed by atoms with Gasteiger partial charge in [-0.05, 0) is 19.4 Å². The SMILES string of the molecule is CC(CS)C(=O)[N@@+]1(C(=O)O)C[C@@H](OCc2ccccc2)C[C@H]1C. The molecule has 1 N–H and O–H groups in total. The van der Waals surface area contributed by atoms with E-state index in [1.165, 1.54) is 0 Å². The maximum Gasteiger partial charge on any atom is 0.521 e.